The number of rotatable bonds is 4. The van der Waals surface area contributed by atoms with Crippen LogP contribution in [0.15, 0.2) is 0 Å². The Morgan fingerprint density at radius 2 is 1.91 bits per heavy atom. The predicted molar refractivity (Wildman–Crippen MR) is 47.1 cm³/mol. The summed E-state index contributed by atoms with van der Waals surface area (Å²) < 4.78 is 0. The summed E-state index contributed by atoms with van der Waals surface area (Å²) in [5.41, 5.74) is 0. The number of nitrogens with one attached hydrogen (secondary N) is 1. The van der Waals surface area contributed by atoms with Gasteiger partial charge in [0.2, 0.25) is 0 Å². The van der Waals surface area contributed by atoms with Gasteiger partial charge >= 0.3 is 0 Å². The summed E-state index contributed by atoms with van der Waals surface area (Å²) >= 11 is 0. The molecule has 2 heteroatoms. The Morgan fingerprint density at radius 1 is 1.36 bits per heavy atom. The van der Waals surface area contributed by atoms with E-state index in [0.717, 1.165) is 6.42 Å². The van der Waals surface area contributed by atoms with Crippen LogP contribution in [0, 0.1) is 17.2 Å². The van der Waals surface area contributed by atoms with E-state index >= 15 is 0 Å². The van der Waals surface area contributed by atoms with Crippen LogP contribution in [0.1, 0.15) is 34.1 Å². The van der Waals surface area contributed by atoms with Crippen molar-refractivity contribution in [3.05, 3.63) is 0 Å². The average Bonchev–Trinajstić information content (AvgIpc) is 2.02. The van der Waals surface area contributed by atoms with Gasteiger partial charge in [0.25, 0.3) is 0 Å². The van der Waals surface area contributed by atoms with E-state index in [1.807, 2.05) is 6.92 Å². The van der Waals surface area contributed by atoms with Crippen molar-refractivity contribution >= 4 is 0 Å². The zero-order valence-corrected chi connectivity index (χ0v) is 7.89. The summed E-state index contributed by atoms with van der Waals surface area (Å²) in [5.74, 6) is 0.644. The summed E-state index contributed by atoms with van der Waals surface area (Å²) in [5, 5.41) is 11.7. The van der Waals surface area contributed by atoms with Crippen LogP contribution >= 0.6 is 0 Å². The molecule has 3 unspecified atom stereocenters. The molecule has 0 bridgehead atoms. The molecule has 0 spiro atoms. The van der Waals surface area contributed by atoms with Gasteiger partial charge in [-0.05, 0) is 19.8 Å². The normalized spacial score (nSPS) is 18.5. The van der Waals surface area contributed by atoms with E-state index < -0.39 is 0 Å². The maximum absolute atomic E-state index is 8.53. The lowest BCUT2D eigenvalue weighted by molar-refractivity contribution is 0.379. The summed E-state index contributed by atoms with van der Waals surface area (Å²) in [4.78, 5) is 0. The van der Waals surface area contributed by atoms with Crippen molar-refractivity contribution in [1.82, 2.24) is 5.32 Å². The van der Waals surface area contributed by atoms with Gasteiger partial charge in [-0.2, -0.15) is 5.26 Å². The largest absolute Gasteiger partial charge is 0.299 e. The summed E-state index contributed by atoms with van der Waals surface area (Å²) in [6.07, 6.45) is 1.16. The average molecular weight is 154 g/mol. The van der Waals surface area contributed by atoms with Crippen molar-refractivity contribution in [2.75, 3.05) is 0 Å². The van der Waals surface area contributed by atoms with Crippen molar-refractivity contribution in [1.29, 1.82) is 5.26 Å². The van der Waals surface area contributed by atoms with Gasteiger partial charge in [0.1, 0.15) is 0 Å². The monoisotopic (exact) mass is 154 g/mol. The predicted octanol–water partition coefficient (Wildman–Crippen LogP) is 1.92. The molecule has 0 aliphatic heterocycles. The fourth-order valence-corrected chi connectivity index (χ4v) is 0.949. The van der Waals surface area contributed by atoms with Gasteiger partial charge in [0.15, 0.2) is 0 Å². The molecule has 0 aromatic carbocycles. The Bertz CT molecular complexity index is 137. The van der Waals surface area contributed by atoms with Crippen LogP contribution < -0.4 is 5.32 Å². The number of nitriles is 1. The molecule has 0 saturated heterocycles. The first-order valence-electron chi connectivity index (χ1n) is 4.27. The summed E-state index contributed by atoms with van der Waals surface area (Å²) in [7, 11) is 0. The van der Waals surface area contributed by atoms with Gasteiger partial charge in [-0.3, -0.25) is 5.32 Å². The Balaban J connectivity index is 3.69. The maximum atomic E-state index is 8.53. The number of nitrogens with zero attached hydrogens (tertiary/aromatic N) is 1. The first kappa shape index (κ1) is 10.4. The number of hydrogen-bond donors (Lipinski definition) is 1. The molecule has 2 nitrogen and oxygen atoms in total. The quantitative estimate of drug-likeness (QED) is 0.671. The molecule has 0 amide bonds. The van der Waals surface area contributed by atoms with Gasteiger partial charge in [0, 0.05) is 6.04 Å². The minimum Gasteiger partial charge on any atom is -0.299 e. The molecule has 1 N–H and O–H groups in total. The fourth-order valence-electron chi connectivity index (χ4n) is 0.949. The first-order chi connectivity index (χ1) is 5.11. The zero-order chi connectivity index (χ0) is 8.85. The van der Waals surface area contributed by atoms with Gasteiger partial charge in [0.05, 0.1) is 12.1 Å². The van der Waals surface area contributed by atoms with E-state index in [1.165, 1.54) is 0 Å². The van der Waals surface area contributed by atoms with Crippen molar-refractivity contribution in [2.45, 2.75) is 46.2 Å². The Labute approximate surface area is 69.6 Å². The van der Waals surface area contributed by atoms with E-state index in [1.54, 1.807) is 0 Å². The van der Waals surface area contributed by atoms with Crippen molar-refractivity contribution < 1.29 is 0 Å². The second kappa shape index (κ2) is 5.15. The van der Waals surface area contributed by atoms with Crippen LogP contribution in [-0.4, -0.2) is 12.1 Å². The summed E-state index contributed by atoms with van der Waals surface area (Å²) in [6, 6.07) is 2.57. The van der Waals surface area contributed by atoms with Crippen LogP contribution in [0.2, 0.25) is 0 Å². The molecular formula is C9H18N2. The Morgan fingerprint density at radius 3 is 2.27 bits per heavy atom. The van der Waals surface area contributed by atoms with E-state index in [0.29, 0.717) is 12.0 Å². The lowest BCUT2D eigenvalue weighted by atomic mass is 10.0. The van der Waals surface area contributed by atoms with Gasteiger partial charge in [-0.15, -0.1) is 0 Å². The van der Waals surface area contributed by atoms with E-state index in [2.05, 4.69) is 32.2 Å². The second-order valence-corrected chi connectivity index (χ2v) is 3.19. The van der Waals surface area contributed by atoms with Crippen LogP contribution in [-0.2, 0) is 0 Å². The minimum absolute atomic E-state index is 0.0287. The van der Waals surface area contributed by atoms with Gasteiger partial charge in [-0.25, -0.2) is 0 Å². The highest BCUT2D eigenvalue weighted by atomic mass is 14.9. The SMILES string of the molecule is CCC(C)C(C)NC(C)C#N. The Hall–Kier alpha value is -0.550. The third-order valence-electron chi connectivity index (χ3n) is 2.20. The fraction of sp³-hybridized carbons (Fsp3) is 0.889. The molecule has 0 saturated carbocycles. The molecule has 0 aliphatic rings. The topological polar surface area (TPSA) is 35.8 Å². The van der Waals surface area contributed by atoms with Crippen molar-refractivity contribution in [3.63, 3.8) is 0 Å². The first-order valence-corrected chi connectivity index (χ1v) is 4.27. The van der Waals surface area contributed by atoms with Gasteiger partial charge < -0.3 is 0 Å². The molecule has 0 rings (SSSR count). The molecule has 0 fully saturated rings. The molecule has 0 aromatic heterocycles. The lowest BCUT2D eigenvalue weighted by Gasteiger charge is -2.20. The van der Waals surface area contributed by atoms with Crippen molar-refractivity contribution in [3.8, 4) is 6.07 Å². The number of hydrogen-bond acceptors (Lipinski definition) is 2. The van der Waals surface area contributed by atoms with E-state index in [-0.39, 0.29) is 6.04 Å². The van der Waals surface area contributed by atoms with Crippen LogP contribution in [0.5, 0.6) is 0 Å². The molecule has 0 radical (unpaired) electrons. The molecular weight excluding hydrogens is 136 g/mol. The van der Waals surface area contributed by atoms with E-state index in [9.17, 15) is 0 Å². The Kier molecular flexibility index (Phi) is 4.89. The van der Waals surface area contributed by atoms with Crippen LogP contribution in [0.25, 0.3) is 0 Å². The molecule has 3 atom stereocenters. The molecule has 0 aromatic rings. The summed E-state index contributed by atoms with van der Waals surface area (Å²) in [6.45, 7) is 8.38. The van der Waals surface area contributed by atoms with Gasteiger partial charge in [-0.1, -0.05) is 20.3 Å². The highest BCUT2D eigenvalue weighted by Crippen LogP contribution is 2.06. The standard InChI is InChI=1S/C9H18N2/c1-5-7(2)9(4)11-8(3)6-10/h7-9,11H,5H2,1-4H3. The molecule has 0 aliphatic carbocycles. The third-order valence-corrected chi connectivity index (χ3v) is 2.20. The van der Waals surface area contributed by atoms with Crippen LogP contribution in [0.3, 0.4) is 0 Å². The highest BCUT2D eigenvalue weighted by molar-refractivity contribution is 4.87. The maximum Gasteiger partial charge on any atom is 0.0926 e. The molecule has 0 heterocycles. The lowest BCUT2D eigenvalue weighted by Crippen LogP contribution is -2.37. The zero-order valence-electron chi connectivity index (χ0n) is 7.89. The molecule has 64 valence electrons. The minimum atomic E-state index is -0.0287. The second-order valence-electron chi connectivity index (χ2n) is 3.19. The van der Waals surface area contributed by atoms with E-state index in [4.69, 9.17) is 5.26 Å². The smallest absolute Gasteiger partial charge is 0.0926 e. The van der Waals surface area contributed by atoms with Crippen molar-refractivity contribution in [2.24, 2.45) is 5.92 Å². The molecule has 11 heavy (non-hydrogen) atoms. The highest BCUT2D eigenvalue weighted by Gasteiger charge is 2.11. The van der Waals surface area contributed by atoms with Crippen LogP contribution in [0.4, 0.5) is 0 Å². The third kappa shape index (κ3) is 4.00.